The van der Waals surface area contributed by atoms with Crippen molar-refractivity contribution in [3.8, 4) is 17.9 Å². The maximum atomic E-state index is 10.5. The maximum Gasteiger partial charge on any atom is 0.239 e. The Bertz CT molecular complexity index is 918. The number of para-hydroxylation sites is 2. The quantitative estimate of drug-likeness (QED) is 0.575. The maximum absolute atomic E-state index is 10.5. The van der Waals surface area contributed by atoms with Gasteiger partial charge in [0.15, 0.2) is 11.7 Å². The number of fused-ring (bicyclic) bond motifs is 1. The van der Waals surface area contributed by atoms with Crippen molar-refractivity contribution >= 4 is 22.4 Å². The van der Waals surface area contributed by atoms with Gasteiger partial charge in [-0.15, -0.1) is 0 Å². The normalized spacial score (nSPS) is 11.2. The third-order valence-electron chi connectivity index (χ3n) is 3.04. The second kappa shape index (κ2) is 5.87. The standard InChI is InChI=1S/C18H10N2O2/c19-12-6-9-14(17(21)13-7-2-1-3-8-13)18-20-15-10-4-5-11-16(15)22-18/h1-5,7-8,10-11,21H/b17-14-. The van der Waals surface area contributed by atoms with Crippen molar-refractivity contribution in [2.24, 2.45) is 0 Å². The number of aromatic nitrogens is 1. The fourth-order valence-electron chi connectivity index (χ4n) is 2.02. The Hall–Kier alpha value is -3.50. The van der Waals surface area contributed by atoms with E-state index in [9.17, 15) is 5.11 Å². The summed E-state index contributed by atoms with van der Waals surface area (Å²) in [5.74, 6) is 5.00. The zero-order valence-electron chi connectivity index (χ0n) is 11.4. The highest BCUT2D eigenvalue weighted by molar-refractivity contribution is 5.94. The van der Waals surface area contributed by atoms with Crippen LogP contribution in [0.2, 0.25) is 0 Å². The number of benzene rings is 2. The third-order valence-corrected chi connectivity index (χ3v) is 3.04. The summed E-state index contributed by atoms with van der Waals surface area (Å²) in [5, 5.41) is 19.1. The molecule has 1 aromatic heterocycles. The topological polar surface area (TPSA) is 70.0 Å². The summed E-state index contributed by atoms with van der Waals surface area (Å²) in [6.07, 6.45) is 0. The van der Waals surface area contributed by atoms with Gasteiger partial charge in [0.2, 0.25) is 5.89 Å². The molecule has 0 amide bonds. The number of rotatable bonds is 2. The van der Waals surface area contributed by atoms with Crippen molar-refractivity contribution in [3.63, 3.8) is 0 Å². The molecule has 2 aromatic carbocycles. The van der Waals surface area contributed by atoms with Crippen LogP contribution in [0, 0.1) is 23.2 Å². The van der Waals surface area contributed by atoms with Gasteiger partial charge < -0.3 is 9.52 Å². The first-order valence-electron chi connectivity index (χ1n) is 6.54. The molecule has 0 aliphatic carbocycles. The van der Waals surface area contributed by atoms with E-state index in [-0.39, 0.29) is 17.2 Å². The van der Waals surface area contributed by atoms with Crippen molar-refractivity contribution in [2.75, 3.05) is 0 Å². The smallest absolute Gasteiger partial charge is 0.239 e. The van der Waals surface area contributed by atoms with E-state index in [0.29, 0.717) is 16.7 Å². The van der Waals surface area contributed by atoms with Crippen molar-refractivity contribution in [3.05, 3.63) is 66.1 Å². The summed E-state index contributed by atoms with van der Waals surface area (Å²) >= 11 is 0. The molecule has 0 fully saturated rings. The van der Waals surface area contributed by atoms with E-state index in [2.05, 4.69) is 16.8 Å². The Morgan fingerprint density at radius 2 is 1.77 bits per heavy atom. The number of hydrogen-bond acceptors (Lipinski definition) is 4. The molecule has 1 heterocycles. The zero-order valence-corrected chi connectivity index (χ0v) is 11.4. The Labute approximate surface area is 127 Å². The van der Waals surface area contributed by atoms with Gasteiger partial charge in [0.1, 0.15) is 16.8 Å². The first kappa shape index (κ1) is 13.5. The second-order valence-electron chi connectivity index (χ2n) is 4.44. The molecule has 3 rings (SSSR count). The first-order chi connectivity index (χ1) is 10.8. The number of aliphatic hydroxyl groups is 1. The van der Waals surface area contributed by atoms with Crippen LogP contribution in [0.4, 0.5) is 0 Å². The Morgan fingerprint density at radius 3 is 2.50 bits per heavy atom. The third kappa shape index (κ3) is 2.54. The molecule has 4 heteroatoms. The van der Waals surface area contributed by atoms with Gasteiger partial charge in [-0.1, -0.05) is 42.5 Å². The summed E-state index contributed by atoms with van der Waals surface area (Å²) < 4.78 is 5.63. The molecule has 22 heavy (non-hydrogen) atoms. The Balaban J connectivity index is 2.21. The van der Waals surface area contributed by atoms with Crippen LogP contribution in [-0.4, -0.2) is 10.1 Å². The van der Waals surface area contributed by atoms with Crippen LogP contribution in [0.15, 0.2) is 59.0 Å². The summed E-state index contributed by atoms with van der Waals surface area (Å²) in [7, 11) is 0. The predicted octanol–water partition coefficient (Wildman–Crippen LogP) is 3.78. The van der Waals surface area contributed by atoms with Crippen molar-refractivity contribution in [1.82, 2.24) is 4.98 Å². The largest absolute Gasteiger partial charge is 0.506 e. The van der Waals surface area contributed by atoms with Gasteiger partial charge in [-0.05, 0) is 18.1 Å². The second-order valence-corrected chi connectivity index (χ2v) is 4.44. The first-order valence-corrected chi connectivity index (χ1v) is 6.54. The average molecular weight is 286 g/mol. The fraction of sp³-hybridized carbons (Fsp3) is 0. The number of aliphatic hydroxyl groups excluding tert-OH is 1. The van der Waals surface area contributed by atoms with E-state index in [0.717, 1.165) is 0 Å². The molecule has 0 saturated carbocycles. The Morgan fingerprint density at radius 1 is 1.05 bits per heavy atom. The molecule has 104 valence electrons. The lowest BCUT2D eigenvalue weighted by molar-refractivity contribution is 0.510. The SMILES string of the molecule is N#CC#C/C(=C(/O)c1ccccc1)c1nc2ccccc2o1. The summed E-state index contributed by atoms with van der Waals surface area (Å²) in [6.45, 7) is 0. The van der Waals surface area contributed by atoms with E-state index in [1.165, 1.54) is 0 Å². The monoisotopic (exact) mass is 286 g/mol. The molecule has 0 saturated heterocycles. The van der Waals surface area contributed by atoms with Crippen molar-refractivity contribution in [1.29, 1.82) is 5.26 Å². The highest BCUT2D eigenvalue weighted by Gasteiger charge is 2.15. The molecule has 0 unspecified atom stereocenters. The minimum atomic E-state index is -0.0742. The molecule has 0 atom stereocenters. The molecule has 1 N–H and O–H groups in total. The Kier molecular flexibility index (Phi) is 3.59. The van der Waals surface area contributed by atoms with Gasteiger partial charge in [-0.2, -0.15) is 5.26 Å². The van der Waals surface area contributed by atoms with Crippen LogP contribution in [-0.2, 0) is 0 Å². The molecule has 0 spiro atoms. The number of allylic oxidation sites excluding steroid dienone is 1. The van der Waals surface area contributed by atoms with Gasteiger partial charge in [0.25, 0.3) is 0 Å². The van der Waals surface area contributed by atoms with E-state index >= 15 is 0 Å². The number of nitriles is 1. The molecule has 0 aliphatic rings. The highest BCUT2D eigenvalue weighted by atomic mass is 16.3. The van der Waals surface area contributed by atoms with E-state index in [1.54, 1.807) is 42.5 Å². The number of oxazole rings is 1. The number of nitrogens with zero attached hydrogens (tertiary/aromatic N) is 2. The van der Waals surface area contributed by atoms with Gasteiger partial charge in [-0.3, -0.25) is 0 Å². The van der Waals surface area contributed by atoms with Crippen LogP contribution >= 0.6 is 0 Å². The number of hydrogen-bond donors (Lipinski definition) is 1. The molecule has 3 aromatic rings. The molecule has 0 aliphatic heterocycles. The van der Waals surface area contributed by atoms with Crippen LogP contribution in [0.3, 0.4) is 0 Å². The van der Waals surface area contributed by atoms with Gasteiger partial charge in [0, 0.05) is 11.5 Å². The van der Waals surface area contributed by atoms with Crippen molar-refractivity contribution < 1.29 is 9.52 Å². The molecular weight excluding hydrogens is 276 g/mol. The zero-order chi connectivity index (χ0) is 15.4. The van der Waals surface area contributed by atoms with E-state index in [4.69, 9.17) is 9.68 Å². The van der Waals surface area contributed by atoms with Crippen LogP contribution in [0.1, 0.15) is 11.5 Å². The molecule has 0 bridgehead atoms. The van der Waals surface area contributed by atoms with E-state index in [1.807, 2.05) is 18.2 Å². The summed E-state index contributed by atoms with van der Waals surface area (Å²) in [4.78, 5) is 4.32. The van der Waals surface area contributed by atoms with E-state index < -0.39 is 0 Å². The minimum Gasteiger partial charge on any atom is -0.506 e. The average Bonchev–Trinajstić information content (AvgIpc) is 2.99. The lowest BCUT2D eigenvalue weighted by Gasteiger charge is -2.02. The minimum absolute atomic E-state index is 0.0742. The van der Waals surface area contributed by atoms with Crippen molar-refractivity contribution in [2.45, 2.75) is 0 Å². The predicted molar refractivity (Wildman–Crippen MR) is 83.3 cm³/mol. The lowest BCUT2D eigenvalue weighted by Crippen LogP contribution is -1.90. The van der Waals surface area contributed by atoms with Gasteiger partial charge >= 0.3 is 0 Å². The van der Waals surface area contributed by atoms with Crippen LogP contribution in [0.5, 0.6) is 0 Å². The highest BCUT2D eigenvalue weighted by Crippen LogP contribution is 2.26. The van der Waals surface area contributed by atoms with Gasteiger partial charge in [0.05, 0.1) is 0 Å². The molecular formula is C18H10N2O2. The molecule has 4 nitrogen and oxygen atoms in total. The summed E-state index contributed by atoms with van der Waals surface area (Å²) in [5.41, 5.74) is 2.01. The molecule has 0 radical (unpaired) electrons. The van der Waals surface area contributed by atoms with Crippen LogP contribution in [0.25, 0.3) is 22.4 Å². The van der Waals surface area contributed by atoms with Crippen LogP contribution < -0.4 is 0 Å². The van der Waals surface area contributed by atoms with Gasteiger partial charge in [-0.25, -0.2) is 4.98 Å². The summed E-state index contributed by atoms with van der Waals surface area (Å²) in [6, 6.07) is 17.9. The fourth-order valence-corrected chi connectivity index (χ4v) is 2.02. The lowest BCUT2D eigenvalue weighted by atomic mass is 10.1.